The number of hydrogen-bond donors (Lipinski definition) is 1. The first-order chi connectivity index (χ1) is 8.23. The van der Waals surface area contributed by atoms with E-state index in [1.165, 1.54) is 12.8 Å². The summed E-state index contributed by atoms with van der Waals surface area (Å²) in [7, 11) is 0. The van der Waals surface area contributed by atoms with E-state index < -0.39 is 0 Å². The van der Waals surface area contributed by atoms with Crippen molar-refractivity contribution in [1.82, 2.24) is 10.5 Å². The molecule has 0 aromatic carbocycles. The minimum atomic E-state index is -0.218. The van der Waals surface area contributed by atoms with Crippen LogP contribution in [0.2, 0.25) is 0 Å². The molecule has 2 saturated heterocycles. The number of halogens is 1. The van der Waals surface area contributed by atoms with Crippen molar-refractivity contribution < 1.29 is 9.57 Å². The molecule has 3 aliphatic rings. The Hall–Kier alpha value is -0.0100. The summed E-state index contributed by atoms with van der Waals surface area (Å²) in [5.74, 6) is 0.483. The van der Waals surface area contributed by atoms with Gasteiger partial charge in [0.15, 0.2) is 0 Å². The quantitative estimate of drug-likeness (QED) is 0.862. The van der Waals surface area contributed by atoms with Crippen LogP contribution < -0.4 is 5.48 Å². The number of aromatic nitrogens is 1. The van der Waals surface area contributed by atoms with Gasteiger partial charge in [-0.3, -0.25) is 0 Å². The van der Waals surface area contributed by atoms with Crippen LogP contribution in [0.3, 0.4) is 0 Å². The largest absolute Gasteiger partial charge is 0.373 e. The molecule has 1 saturated carbocycles. The van der Waals surface area contributed by atoms with Crippen molar-refractivity contribution in [1.29, 1.82) is 0 Å². The summed E-state index contributed by atoms with van der Waals surface area (Å²) in [4.78, 5) is 10.0. The Bertz CT molecular complexity index is 462. The summed E-state index contributed by atoms with van der Waals surface area (Å²) < 4.78 is 6.96. The normalized spacial score (nSPS) is 38.3. The van der Waals surface area contributed by atoms with Crippen molar-refractivity contribution in [2.75, 3.05) is 13.2 Å². The van der Waals surface area contributed by atoms with Crippen LogP contribution in [0.25, 0.3) is 0 Å². The number of ether oxygens (including phenoxy) is 1. The summed E-state index contributed by atoms with van der Waals surface area (Å²) >= 11 is 5.08. The van der Waals surface area contributed by atoms with Crippen LogP contribution >= 0.6 is 27.3 Å². The van der Waals surface area contributed by atoms with E-state index >= 15 is 0 Å². The first kappa shape index (κ1) is 10.9. The number of thiazole rings is 1. The zero-order valence-corrected chi connectivity index (χ0v) is 11.6. The van der Waals surface area contributed by atoms with E-state index in [-0.39, 0.29) is 11.1 Å². The SMILES string of the molecule is Brc1csc([C@]23COC4(CC4)C[C@H]2CON3)n1. The van der Waals surface area contributed by atoms with Crippen molar-refractivity contribution in [3.63, 3.8) is 0 Å². The molecular formula is C11H13BrN2O2S. The summed E-state index contributed by atoms with van der Waals surface area (Å²) in [6.45, 7) is 1.44. The maximum absolute atomic E-state index is 6.07. The molecule has 1 N–H and O–H groups in total. The van der Waals surface area contributed by atoms with Crippen molar-refractivity contribution in [2.45, 2.75) is 30.4 Å². The topological polar surface area (TPSA) is 43.4 Å². The van der Waals surface area contributed by atoms with Gasteiger partial charge in [-0.05, 0) is 35.2 Å². The van der Waals surface area contributed by atoms with Crippen LogP contribution in [0.4, 0.5) is 0 Å². The lowest BCUT2D eigenvalue weighted by Crippen LogP contribution is -2.52. The van der Waals surface area contributed by atoms with Gasteiger partial charge in [-0.15, -0.1) is 11.3 Å². The van der Waals surface area contributed by atoms with Gasteiger partial charge in [0.25, 0.3) is 0 Å². The molecule has 2 aliphatic heterocycles. The van der Waals surface area contributed by atoms with E-state index in [9.17, 15) is 0 Å². The highest BCUT2D eigenvalue weighted by Gasteiger charge is 2.59. The number of hydrogen-bond acceptors (Lipinski definition) is 5. The molecular weight excluding hydrogens is 304 g/mol. The fourth-order valence-corrected chi connectivity index (χ4v) is 4.34. The van der Waals surface area contributed by atoms with E-state index in [4.69, 9.17) is 9.57 Å². The maximum Gasteiger partial charge on any atom is 0.123 e. The van der Waals surface area contributed by atoms with Crippen molar-refractivity contribution in [3.8, 4) is 0 Å². The molecule has 17 heavy (non-hydrogen) atoms. The molecule has 4 rings (SSSR count). The number of fused-ring (bicyclic) bond motifs is 1. The third-order valence-electron chi connectivity index (χ3n) is 4.13. The second kappa shape index (κ2) is 3.51. The minimum Gasteiger partial charge on any atom is -0.373 e. The van der Waals surface area contributed by atoms with Crippen molar-refractivity contribution in [3.05, 3.63) is 15.0 Å². The number of hydroxylamine groups is 1. The van der Waals surface area contributed by atoms with Gasteiger partial charge in [0.2, 0.25) is 0 Å². The molecule has 1 aromatic rings. The second-order valence-electron chi connectivity index (χ2n) is 5.23. The molecule has 92 valence electrons. The van der Waals surface area contributed by atoms with Gasteiger partial charge >= 0.3 is 0 Å². The Labute approximate surface area is 112 Å². The van der Waals surface area contributed by atoms with E-state index in [0.717, 1.165) is 22.6 Å². The van der Waals surface area contributed by atoms with Crippen LogP contribution in [0.5, 0.6) is 0 Å². The second-order valence-corrected chi connectivity index (χ2v) is 6.90. The zero-order chi connectivity index (χ0) is 11.5. The molecule has 1 aliphatic carbocycles. The molecule has 6 heteroatoms. The lowest BCUT2D eigenvalue weighted by Gasteiger charge is -2.39. The van der Waals surface area contributed by atoms with E-state index in [0.29, 0.717) is 12.5 Å². The van der Waals surface area contributed by atoms with Crippen LogP contribution in [-0.4, -0.2) is 23.8 Å². The Morgan fingerprint density at radius 3 is 3.12 bits per heavy atom. The first-order valence-corrected chi connectivity index (χ1v) is 7.54. The minimum absolute atomic E-state index is 0.179. The molecule has 3 fully saturated rings. The average Bonchev–Trinajstić information content (AvgIpc) is 2.75. The average molecular weight is 317 g/mol. The van der Waals surface area contributed by atoms with Gasteiger partial charge in [0, 0.05) is 11.3 Å². The summed E-state index contributed by atoms with van der Waals surface area (Å²) in [5.41, 5.74) is 3.13. The van der Waals surface area contributed by atoms with Crippen LogP contribution in [-0.2, 0) is 15.1 Å². The van der Waals surface area contributed by atoms with E-state index in [1.807, 2.05) is 5.38 Å². The zero-order valence-electron chi connectivity index (χ0n) is 9.24. The molecule has 2 atom stereocenters. The molecule has 4 nitrogen and oxygen atoms in total. The highest BCUT2D eigenvalue weighted by Crippen LogP contribution is 2.54. The highest BCUT2D eigenvalue weighted by atomic mass is 79.9. The molecule has 3 heterocycles. The maximum atomic E-state index is 6.07. The van der Waals surface area contributed by atoms with Gasteiger partial charge < -0.3 is 9.57 Å². The molecule has 0 bridgehead atoms. The third kappa shape index (κ3) is 1.55. The highest BCUT2D eigenvalue weighted by molar-refractivity contribution is 9.10. The Kier molecular flexibility index (Phi) is 2.25. The number of rotatable bonds is 1. The van der Waals surface area contributed by atoms with Crippen LogP contribution in [0.15, 0.2) is 9.98 Å². The van der Waals surface area contributed by atoms with Gasteiger partial charge in [-0.25, -0.2) is 4.98 Å². The standard InChI is InChI=1S/C11H13BrN2O2S/c12-8-5-17-9(13-8)11-6-15-10(1-2-10)3-7(11)4-16-14-11/h5,7,14H,1-4,6H2/t7-,11-/m0/s1. The molecule has 0 radical (unpaired) electrons. The molecule has 1 spiro atoms. The summed E-state index contributed by atoms with van der Waals surface area (Å²) in [6, 6.07) is 0. The Morgan fingerprint density at radius 2 is 2.41 bits per heavy atom. The van der Waals surface area contributed by atoms with Crippen molar-refractivity contribution in [2.24, 2.45) is 5.92 Å². The summed E-state index contributed by atoms with van der Waals surface area (Å²) in [6.07, 6.45) is 3.51. The summed E-state index contributed by atoms with van der Waals surface area (Å²) in [5, 5.41) is 3.09. The first-order valence-electron chi connectivity index (χ1n) is 5.87. The van der Waals surface area contributed by atoms with Gasteiger partial charge in [0.05, 0.1) is 18.8 Å². The Balaban J connectivity index is 1.71. The molecule has 1 aromatic heterocycles. The Morgan fingerprint density at radius 1 is 1.53 bits per heavy atom. The monoisotopic (exact) mass is 316 g/mol. The fourth-order valence-electron chi connectivity index (χ4n) is 2.88. The predicted octanol–water partition coefficient (Wildman–Crippen LogP) is 2.20. The fraction of sp³-hybridized carbons (Fsp3) is 0.727. The lowest BCUT2D eigenvalue weighted by atomic mass is 9.80. The van der Waals surface area contributed by atoms with E-state index in [1.54, 1.807) is 11.3 Å². The lowest BCUT2D eigenvalue weighted by molar-refractivity contribution is -0.0826. The number of nitrogens with zero attached hydrogens (tertiary/aromatic N) is 1. The van der Waals surface area contributed by atoms with Gasteiger partial charge in [-0.2, -0.15) is 5.48 Å². The molecule has 0 amide bonds. The van der Waals surface area contributed by atoms with Crippen molar-refractivity contribution >= 4 is 27.3 Å². The van der Waals surface area contributed by atoms with E-state index in [2.05, 4.69) is 26.4 Å². The van der Waals surface area contributed by atoms with Gasteiger partial charge in [-0.1, -0.05) is 0 Å². The van der Waals surface area contributed by atoms with Crippen LogP contribution in [0, 0.1) is 5.92 Å². The third-order valence-corrected chi connectivity index (χ3v) is 5.85. The van der Waals surface area contributed by atoms with Crippen LogP contribution in [0.1, 0.15) is 24.3 Å². The molecule has 0 unspecified atom stereocenters. The van der Waals surface area contributed by atoms with Gasteiger partial charge in [0.1, 0.15) is 15.1 Å². The predicted molar refractivity (Wildman–Crippen MR) is 66.6 cm³/mol. The number of nitrogens with one attached hydrogen (secondary N) is 1. The smallest absolute Gasteiger partial charge is 0.123 e.